The van der Waals surface area contributed by atoms with E-state index in [1.807, 2.05) is 29.7 Å². The second kappa shape index (κ2) is 14.8. The molecule has 1 amide bonds. The van der Waals surface area contributed by atoms with Crippen molar-refractivity contribution < 1.29 is 45.9 Å². The number of hydrogen-bond acceptors (Lipinski definition) is 9. The van der Waals surface area contributed by atoms with Crippen LogP contribution in [0.2, 0.25) is 0 Å². The Morgan fingerprint density at radius 3 is 2.13 bits per heavy atom. The van der Waals surface area contributed by atoms with Gasteiger partial charge in [-0.25, -0.2) is 20.1 Å². The Bertz CT molecular complexity index is 1690. The zero-order chi connectivity index (χ0) is 35.3. The first-order valence-electron chi connectivity index (χ1n) is 14.1. The predicted octanol–water partition coefficient (Wildman–Crippen LogP) is 3.95. The van der Waals surface area contributed by atoms with Crippen LogP contribution in [0.15, 0.2) is 41.2 Å². The fourth-order valence-electron chi connectivity index (χ4n) is 5.24. The van der Waals surface area contributed by atoms with E-state index in [0.29, 0.717) is 48.3 Å². The number of rotatable bonds is 7. The van der Waals surface area contributed by atoms with E-state index in [4.69, 9.17) is 14.7 Å². The van der Waals surface area contributed by atoms with Gasteiger partial charge in [-0.1, -0.05) is 26.0 Å². The highest BCUT2D eigenvalue weighted by Crippen LogP contribution is 2.35. The van der Waals surface area contributed by atoms with E-state index in [2.05, 4.69) is 15.4 Å². The van der Waals surface area contributed by atoms with Gasteiger partial charge in [0.05, 0.1) is 18.2 Å². The number of fused-ring (bicyclic) bond motifs is 1. The van der Waals surface area contributed by atoms with Crippen LogP contribution in [0.1, 0.15) is 49.6 Å². The normalized spacial score (nSPS) is 17.8. The molecule has 0 aliphatic carbocycles. The number of aliphatic carboxylic acids is 1. The maximum atomic E-state index is 13.2. The van der Waals surface area contributed by atoms with Crippen molar-refractivity contribution in [2.24, 2.45) is 7.05 Å². The van der Waals surface area contributed by atoms with Gasteiger partial charge in [-0.2, -0.15) is 36.6 Å². The van der Waals surface area contributed by atoms with Gasteiger partial charge in [0.25, 0.3) is 5.91 Å². The van der Waals surface area contributed by atoms with E-state index < -0.39 is 41.5 Å². The van der Waals surface area contributed by atoms with Gasteiger partial charge in [0.15, 0.2) is 5.82 Å². The van der Waals surface area contributed by atoms with Crippen LogP contribution in [-0.2, 0) is 27.7 Å². The molecule has 3 aromatic rings. The fraction of sp³-hybridized carbons (Fsp3) is 0.448. The molecule has 1 aromatic carbocycles. The Hall–Kier alpha value is -4.76. The molecule has 3 heterocycles. The largest absolute Gasteiger partial charge is 0.490 e. The number of benzene rings is 1. The minimum absolute atomic E-state index is 0.187. The van der Waals surface area contributed by atoms with E-state index in [1.165, 1.54) is 23.8 Å². The SMILES string of the molecule is CC[C@H]1CN(C(C(=O)NOC)c2ccc(C(F)(F)F)cc2)[C@H](CC)CN1c1nc(=O)n(C)c2ccc(C#N)nc12.O=C(O)C(F)(F)F. The Balaban J connectivity index is 0.000000771. The molecule has 1 aliphatic rings. The van der Waals surface area contributed by atoms with Crippen molar-refractivity contribution in [2.75, 3.05) is 25.1 Å². The summed E-state index contributed by atoms with van der Waals surface area (Å²) < 4.78 is 72.8. The maximum Gasteiger partial charge on any atom is 0.490 e. The smallest absolute Gasteiger partial charge is 0.475 e. The number of alkyl halides is 6. The number of pyridine rings is 1. The molecule has 3 atom stereocenters. The monoisotopic (exact) mass is 671 g/mol. The fourth-order valence-corrected chi connectivity index (χ4v) is 5.24. The lowest BCUT2D eigenvalue weighted by Crippen LogP contribution is -2.61. The molecule has 0 spiro atoms. The molecule has 0 radical (unpaired) electrons. The third kappa shape index (κ3) is 8.34. The van der Waals surface area contributed by atoms with Gasteiger partial charge in [0.2, 0.25) is 0 Å². The number of hydrogen-bond donors (Lipinski definition) is 2. The number of nitrogens with zero attached hydrogens (tertiary/aromatic N) is 6. The molecule has 1 fully saturated rings. The van der Waals surface area contributed by atoms with Gasteiger partial charge >= 0.3 is 24.0 Å². The van der Waals surface area contributed by atoms with Crippen LogP contribution in [0.25, 0.3) is 11.0 Å². The van der Waals surface area contributed by atoms with E-state index >= 15 is 0 Å². The molecular formula is C29H31F6N7O5. The summed E-state index contributed by atoms with van der Waals surface area (Å²) in [4.78, 5) is 52.6. The number of carbonyl (C=O) groups is 2. The quantitative estimate of drug-likeness (QED) is 0.279. The average molecular weight is 672 g/mol. The molecule has 2 N–H and O–H groups in total. The molecule has 0 saturated carbocycles. The number of hydroxylamine groups is 1. The summed E-state index contributed by atoms with van der Waals surface area (Å²) in [6.45, 7) is 4.61. The zero-order valence-corrected chi connectivity index (χ0v) is 25.6. The van der Waals surface area contributed by atoms with E-state index in [-0.39, 0.29) is 17.8 Å². The second-order valence-electron chi connectivity index (χ2n) is 10.4. The summed E-state index contributed by atoms with van der Waals surface area (Å²) in [5.74, 6) is -2.92. The molecule has 254 valence electrons. The van der Waals surface area contributed by atoms with E-state index in [9.17, 15) is 41.2 Å². The average Bonchev–Trinajstić information content (AvgIpc) is 3.02. The van der Waals surface area contributed by atoms with Gasteiger partial charge in [-0.15, -0.1) is 0 Å². The zero-order valence-electron chi connectivity index (χ0n) is 25.6. The van der Waals surface area contributed by atoms with E-state index in [0.717, 1.165) is 12.1 Å². The topological polar surface area (TPSA) is 154 Å². The van der Waals surface area contributed by atoms with Crippen LogP contribution < -0.4 is 16.1 Å². The third-order valence-electron chi connectivity index (χ3n) is 7.58. The number of amides is 1. The number of aromatic nitrogens is 3. The van der Waals surface area contributed by atoms with Crippen molar-refractivity contribution in [3.05, 3.63) is 63.7 Å². The maximum absolute atomic E-state index is 13.2. The van der Waals surface area contributed by atoms with Crippen molar-refractivity contribution in [1.29, 1.82) is 5.26 Å². The number of nitriles is 1. The van der Waals surface area contributed by atoms with Gasteiger partial charge in [-0.3, -0.25) is 19.1 Å². The Labute approximate surface area is 264 Å². The van der Waals surface area contributed by atoms with Gasteiger partial charge in [0, 0.05) is 32.2 Å². The summed E-state index contributed by atoms with van der Waals surface area (Å²) in [5.41, 5.74) is 2.59. The molecule has 1 aliphatic heterocycles. The molecule has 47 heavy (non-hydrogen) atoms. The van der Waals surface area contributed by atoms with Crippen LogP contribution >= 0.6 is 0 Å². The molecule has 1 saturated heterocycles. The Morgan fingerprint density at radius 2 is 1.64 bits per heavy atom. The molecule has 2 aromatic heterocycles. The highest BCUT2D eigenvalue weighted by Gasteiger charge is 2.41. The minimum atomic E-state index is -5.08. The molecule has 12 nitrogen and oxygen atoms in total. The first-order valence-corrected chi connectivity index (χ1v) is 14.1. The summed E-state index contributed by atoms with van der Waals surface area (Å²) in [6, 6.07) is 8.37. The van der Waals surface area contributed by atoms with Gasteiger partial charge < -0.3 is 10.0 Å². The number of nitrogens with one attached hydrogen (secondary N) is 1. The summed E-state index contributed by atoms with van der Waals surface area (Å²) in [5, 5.41) is 16.6. The lowest BCUT2D eigenvalue weighted by Gasteiger charge is -2.49. The van der Waals surface area contributed by atoms with Crippen LogP contribution in [0.5, 0.6) is 0 Å². The standard InChI is InChI=1S/C27H30F3N7O3.C2HF3O2/c1-5-19-15-37(24-22-21(35(3)26(39)33-24)12-11-18(13-31)32-22)20(6-2)14-36(19)23(25(38)34-40-4)16-7-9-17(10-8-16)27(28,29)30;3-2(4,5)1(6)7/h7-12,19-20,23H,5-6,14-15H2,1-4H3,(H,34,38);(H,6,7)/t19-,20+,23?;/m1./s1. The highest BCUT2D eigenvalue weighted by molar-refractivity contribution is 5.87. The number of anilines is 1. The van der Waals surface area contributed by atoms with Crippen LogP contribution in [0.4, 0.5) is 32.2 Å². The van der Waals surface area contributed by atoms with Crippen molar-refractivity contribution in [1.82, 2.24) is 24.9 Å². The van der Waals surface area contributed by atoms with E-state index in [1.54, 1.807) is 19.2 Å². The highest BCUT2D eigenvalue weighted by atomic mass is 19.4. The number of piperazine rings is 1. The van der Waals surface area contributed by atoms with Crippen LogP contribution in [0, 0.1) is 11.3 Å². The number of halogens is 6. The molecule has 1 unspecified atom stereocenters. The number of carboxylic acids is 1. The summed E-state index contributed by atoms with van der Waals surface area (Å²) in [7, 11) is 2.88. The van der Waals surface area contributed by atoms with Crippen molar-refractivity contribution in [2.45, 2.75) is 57.2 Å². The lowest BCUT2D eigenvalue weighted by molar-refractivity contribution is -0.192. The first-order chi connectivity index (χ1) is 22.0. The number of carboxylic acid groups (broad SMARTS) is 1. The van der Waals surface area contributed by atoms with Crippen LogP contribution in [0.3, 0.4) is 0 Å². The molecular weight excluding hydrogens is 640 g/mol. The van der Waals surface area contributed by atoms with Gasteiger partial charge in [0.1, 0.15) is 23.3 Å². The molecule has 0 bridgehead atoms. The van der Waals surface area contributed by atoms with Crippen molar-refractivity contribution in [3.8, 4) is 6.07 Å². The van der Waals surface area contributed by atoms with Crippen LogP contribution in [-0.4, -0.2) is 74.9 Å². The van der Waals surface area contributed by atoms with Crippen molar-refractivity contribution in [3.63, 3.8) is 0 Å². The molecule has 18 heteroatoms. The lowest BCUT2D eigenvalue weighted by atomic mass is 9.95. The third-order valence-corrected chi connectivity index (χ3v) is 7.58. The first kappa shape index (κ1) is 36.7. The predicted molar refractivity (Wildman–Crippen MR) is 155 cm³/mol. The van der Waals surface area contributed by atoms with Crippen molar-refractivity contribution >= 4 is 28.7 Å². The molecule has 4 rings (SSSR count). The summed E-state index contributed by atoms with van der Waals surface area (Å²) >= 11 is 0. The Kier molecular flexibility index (Phi) is 11.5. The summed E-state index contributed by atoms with van der Waals surface area (Å²) in [6.07, 6.45) is -8.39. The minimum Gasteiger partial charge on any atom is -0.475 e. The Morgan fingerprint density at radius 1 is 1.04 bits per heavy atom. The second-order valence-corrected chi connectivity index (χ2v) is 10.4. The number of carbonyl (C=O) groups excluding carboxylic acids is 1. The van der Waals surface area contributed by atoms with Gasteiger partial charge in [-0.05, 0) is 42.7 Å². The number of aryl methyl sites for hydroxylation is 1.